The van der Waals surface area contributed by atoms with Gasteiger partial charge in [-0.1, -0.05) is 0 Å². The smallest absolute Gasteiger partial charge is 0.205 e. The number of hydrogen-bond acceptors (Lipinski definition) is 9. The topological polar surface area (TPSA) is 85.7 Å². The molecule has 0 atom stereocenters. The lowest BCUT2D eigenvalue weighted by molar-refractivity contribution is 0.327. The predicted octanol–water partition coefficient (Wildman–Crippen LogP) is 2.39. The van der Waals surface area contributed by atoms with Gasteiger partial charge in [0.1, 0.15) is 23.5 Å². The van der Waals surface area contributed by atoms with Crippen LogP contribution in [-0.2, 0) is 0 Å². The highest BCUT2D eigenvalue weighted by molar-refractivity contribution is 5.97. The van der Waals surface area contributed by atoms with Crippen LogP contribution < -0.4 is 24.0 Å². The van der Waals surface area contributed by atoms with Crippen molar-refractivity contribution in [1.29, 1.82) is 0 Å². The van der Waals surface area contributed by atoms with Crippen LogP contribution in [0.1, 0.15) is 11.4 Å². The van der Waals surface area contributed by atoms with Crippen molar-refractivity contribution in [3.63, 3.8) is 0 Å². The maximum absolute atomic E-state index is 5.60. The van der Waals surface area contributed by atoms with Crippen molar-refractivity contribution in [2.45, 2.75) is 13.8 Å². The fraction of sp³-hybridized carbons (Fsp3) is 0.429. The quantitative estimate of drug-likeness (QED) is 0.629. The van der Waals surface area contributed by atoms with Crippen LogP contribution in [0, 0.1) is 13.8 Å². The third-order valence-corrected chi connectivity index (χ3v) is 5.34. The molecule has 0 spiro atoms. The van der Waals surface area contributed by atoms with E-state index in [-0.39, 0.29) is 0 Å². The molecule has 0 aliphatic carbocycles. The number of rotatable bonds is 5. The van der Waals surface area contributed by atoms with Crippen molar-refractivity contribution in [2.24, 2.45) is 0 Å². The first-order valence-corrected chi connectivity index (χ1v) is 9.81. The third kappa shape index (κ3) is 3.40. The Morgan fingerprint density at radius 1 is 0.800 bits per heavy atom. The maximum atomic E-state index is 5.60. The summed E-state index contributed by atoms with van der Waals surface area (Å²) in [7, 11) is 4.79. The van der Waals surface area contributed by atoms with Gasteiger partial charge in [0.25, 0.3) is 0 Å². The number of piperazine rings is 1. The van der Waals surface area contributed by atoms with Crippen LogP contribution in [0.3, 0.4) is 0 Å². The van der Waals surface area contributed by atoms with Crippen molar-refractivity contribution in [3.05, 3.63) is 30.0 Å². The summed E-state index contributed by atoms with van der Waals surface area (Å²) in [4.78, 5) is 22.7. The van der Waals surface area contributed by atoms with Crippen LogP contribution in [0.5, 0.6) is 17.2 Å². The molecule has 1 aliphatic rings. The molecule has 9 heteroatoms. The van der Waals surface area contributed by atoms with Gasteiger partial charge in [0.05, 0.1) is 38.1 Å². The summed E-state index contributed by atoms with van der Waals surface area (Å²) in [6.45, 7) is 7.23. The van der Waals surface area contributed by atoms with Gasteiger partial charge in [-0.15, -0.1) is 0 Å². The van der Waals surface area contributed by atoms with Gasteiger partial charge in [-0.2, -0.15) is 0 Å². The van der Waals surface area contributed by atoms with E-state index in [0.29, 0.717) is 22.8 Å². The van der Waals surface area contributed by atoms with E-state index in [1.807, 2.05) is 19.9 Å². The minimum absolute atomic E-state index is 0.524. The van der Waals surface area contributed by atoms with E-state index in [2.05, 4.69) is 29.7 Å². The normalized spacial score (nSPS) is 14.2. The molecule has 3 heterocycles. The van der Waals surface area contributed by atoms with Crippen molar-refractivity contribution in [3.8, 4) is 17.2 Å². The molecule has 0 bridgehead atoms. The molecule has 1 saturated heterocycles. The van der Waals surface area contributed by atoms with Gasteiger partial charge in [0.15, 0.2) is 11.5 Å². The monoisotopic (exact) mass is 410 g/mol. The van der Waals surface area contributed by atoms with Gasteiger partial charge in [-0.3, -0.25) is 4.98 Å². The van der Waals surface area contributed by atoms with E-state index in [0.717, 1.165) is 54.6 Å². The highest BCUT2D eigenvalue weighted by Crippen LogP contribution is 2.44. The number of ether oxygens (including phenoxy) is 3. The second-order valence-corrected chi connectivity index (χ2v) is 7.13. The number of methoxy groups -OCH3 is 3. The molecule has 0 saturated carbocycles. The fourth-order valence-corrected chi connectivity index (χ4v) is 3.86. The predicted molar refractivity (Wildman–Crippen MR) is 115 cm³/mol. The zero-order valence-electron chi connectivity index (χ0n) is 18.0. The molecule has 9 nitrogen and oxygen atoms in total. The number of hydrogen-bond donors (Lipinski definition) is 0. The third-order valence-electron chi connectivity index (χ3n) is 5.34. The van der Waals surface area contributed by atoms with Crippen molar-refractivity contribution in [1.82, 2.24) is 19.9 Å². The standard InChI is InChI=1S/C21H26N6O3/c1-13-11-22-14(2)20(25-13)26-6-8-27(9-7-26)21-15-10-16(28-3)18(29-4)19(30-5)17(15)23-12-24-21/h10-12H,6-9H2,1-5H3. The largest absolute Gasteiger partial charge is 0.493 e. The maximum Gasteiger partial charge on any atom is 0.205 e. The summed E-state index contributed by atoms with van der Waals surface area (Å²) >= 11 is 0. The fourth-order valence-electron chi connectivity index (χ4n) is 3.86. The lowest BCUT2D eigenvalue weighted by Crippen LogP contribution is -2.47. The molecule has 4 rings (SSSR count). The molecule has 1 aliphatic heterocycles. The average molecular weight is 410 g/mol. The number of nitrogens with zero attached hydrogens (tertiary/aromatic N) is 6. The van der Waals surface area contributed by atoms with Crippen LogP contribution >= 0.6 is 0 Å². The van der Waals surface area contributed by atoms with Crippen molar-refractivity contribution in [2.75, 3.05) is 57.3 Å². The van der Waals surface area contributed by atoms with Crippen molar-refractivity contribution >= 4 is 22.5 Å². The van der Waals surface area contributed by atoms with Gasteiger partial charge in [-0.25, -0.2) is 15.0 Å². The summed E-state index contributed by atoms with van der Waals surface area (Å²) in [5, 5.41) is 0.868. The lowest BCUT2D eigenvalue weighted by Gasteiger charge is -2.36. The van der Waals surface area contributed by atoms with Crippen LogP contribution in [0.25, 0.3) is 10.9 Å². The van der Waals surface area contributed by atoms with Crippen LogP contribution in [0.4, 0.5) is 11.6 Å². The van der Waals surface area contributed by atoms with E-state index >= 15 is 0 Å². The van der Waals surface area contributed by atoms with E-state index in [4.69, 9.17) is 14.2 Å². The second kappa shape index (κ2) is 8.17. The Bertz CT molecular complexity index is 1070. The van der Waals surface area contributed by atoms with Gasteiger partial charge in [-0.05, 0) is 19.9 Å². The van der Waals surface area contributed by atoms with E-state index in [9.17, 15) is 0 Å². The Kier molecular flexibility index (Phi) is 5.43. The number of aromatic nitrogens is 4. The minimum Gasteiger partial charge on any atom is -0.493 e. The molecule has 3 aromatic rings. The molecule has 0 N–H and O–H groups in total. The minimum atomic E-state index is 0.524. The molecular weight excluding hydrogens is 384 g/mol. The number of anilines is 2. The molecule has 2 aromatic heterocycles. The second-order valence-electron chi connectivity index (χ2n) is 7.13. The highest BCUT2D eigenvalue weighted by Gasteiger charge is 2.25. The molecular formula is C21H26N6O3. The first-order valence-electron chi connectivity index (χ1n) is 9.81. The average Bonchev–Trinajstić information content (AvgIpc) is 2.78. The first kappa shape index (κ1) is 19.9. The highest BCUT2D eigenvalue weighted by atomic mass is 16.5. The Labute approximate surface area is 175 Å². The number of fused-ring (bicyclic) bond motifs is 1. The Morgan fingerprint density at radius 2 is 1.47 bits per heavy atom. The van der Waals surface area contributed by atoms with Crippen LogP contribution in [-0.4, -0.2) is 67.4 Å². The lowest BCUT2D eigenvalue weighted by atomic mass is 10.1. The van der Waals surface area contributed by atoms with E-state index in [1.165, 1.54) is 0 Å². The summed E-state index contributed by atoms with van der Waals surface area (Å²) < 4.78 is 16.6. The number of benzene rings is 1. The molecule has 158 valence electrons. The van der Waals surface area contributed by atoms with E-state index in [1.54, 1.807) is 33.9 Å². The van der Waals surface area contributed by atoms with E-state index < -0.39 is 0 Å². The molecule has 30 heavy (non-hydrogen) atoms. The van der Waals surface area contributed by atoms with Crippen LogP contribution in [0.2, 0.25) is 0 Å². The molecule has 0 amide bonds. The molecule has 0 unspecified atom stereocenters. The zero-order valence-corrected chi connectivity index (χ0v) is 18.0. The first-order chi connectivity index (χ1) is 14.6. The Morgan fingerprint density at radius 3 is 2.10 bits per heavy atom. The Hall–Kier alpha value is -3.36. The van der Waals surface area contributed by atoms with Gasteiger partial charge in [0, 0.05) is 32.4 Å². The summed E-state index contributed by atoms with van der Waals surface area (Å²) in [6.07, 6.45) is 3.37. The summed E-state index contributed by atoms with van der Waals surface area (Å²) in [6, 6.07) is 1.91. The summed E-state index contributed by atoms with van der Waals surface area (Å²) in [5.41, 5.74) is 2.57. The SMILES string of the molecule is COc1cc2c(N3CCN(c4nc(C)cnc4C)CC3)ncnc2c(OC)c1OC. The van der Waals surface area contributed by atoms with Gasteiger partial charge < -0.3 is 24.0 Å². The molecule has 1 aromatic carbocycles. The summed E-state index contributed by atoms with van der Waals surface area (Å²) in [5.74, 6) is 3.46. The zero-order chi connectivity index (χ0) is 21.3. The van der Waals surface area contributed by atoms with Crippen LogP contribution in [0.15, 0.2) is 18.6 Å². The molecule has 0 radical (unpaired) electrons. The van der Waals surface area contributed by atoms with Crippen molar-refractivity contribution < 1.29 is 14.2 Å². The van der Waals surface area contributed by atoms with Gasteiger partial charge in [0.2, 0.25) is 5.75 Å². The van der Waals surface area contributed by atoms with Gasteiger partial charge >= 0.3 is 0 Å². The Balaban J connectivity index is 1.67. The number of aryl methyl sites for hydroxylation is 2. The molecule has 1 fully saturated rings.